The Kier molecular flexibility index (Phi) is 8.31. The van der Waals surface area contributed by atoms with Gasteiger partial charge in [-0.05, 0) is 50.2 Å². The molecule has 1 amide bonds. The van der Waals surface area contributed by atoms with Crippen molar-refractivity contribution in [3.05, 3.63) is 22.4 Å². The number of amides is 1. The number of nitrogens with two attached hydrogens (primary N) is 1. The molecule has 2 fully saturated rings. The molecule has 1 unspecified atom stereocenters. The summed E-state index contributed by atoms with van der Waals surface area (Å²) in [5.74, 6) is 0.0424. The summed E-state index contributed by atoms with van der Waals surface area (Å²) in [6.07, 6.45) is 6.32. The van der Waals surface area contributed by atoms with E-state index in [0.29, 0.717) is 12.6 Å². The van der Waals surface area contributed by atoms with Gasteiger partial charge in [0.05, 0.1) is 11.6 Å². The lowest BCUT2D eigenvalue weighted by atomic mass is 9.98. The molecule has 2 aliphatic rings. The Morgan fingerprint density at radius 2 is 1.91 bits per heavy atom. The summed E-state index contributed by atoms with van der Waals surface area (Å²) < 4.78 is 0. The van der Waals surface area contributed by atoms with Crippen molar-refractivity contribution >= 4 is 42.1 Å². The highest BCUT2D eigenvalue weighted by atomic mass is 35.5. The lowest BCUT2D eigenvalue weighted by Crippen LogP contribution is -2.53. The van der Waals surface area contributed by atoms with Crippen LogP contribution in [0.1, 0.15) is 49.4 Å². The topological polar surface area (TPSA) is 58.4 Å². The third-order valence-corrected chi connectivity index (χ3v) is 5.83. The molecule has 23 heavy (non-hydrogen) atoms. The Bertz CT molecular complexity index is 472. The lowest BCUT2D eigenvalue weighted by Gasteiger charge is -2.29. The number of hydrogen-bond donors (Lipinski definition) is 2. The van der Waals surface area contributed by atoms with Crippen molar-refractivity contribution in [2.24, 2.45) is 5.73 Å². The first-order chi connectivity index (χ1) is 10.2. The van der Waals surface area contributed by atoms with Crippen molar-refractivity contribution in [3.63, 3.8) is 0 Å². The van der Waals surface area contributed by atoms with Crippen LogP contribution in [0.4, 0.5) is 0 Å². The summed E-state index contributed by atoms with van der Waals surface area (Å²) in [5.41, 5.74) is 5.62. The van der Waals surface area contributed by atoms with Gasteiger partial charge in [0.2, 0.25) is 5.91 Å². The summed E-state index contributed by atoms with van der Waals surface area (Å²) in [4.78, 5) is 16.2. The average molecular weight is 380 g/mol. The molecule has 1 aliphatic carbocycles. The molecule has 0 aromatic carbocycles. The molecule has 0 bridgehead atoms. The number of carbonyl (C=O) groups is 1. The van der Waals surface area contributed by atoms with Gasteiger partial charge < -0.3 is 11.1 Å². The molecule has 0 radical (unpaired) electrons. The van der Waals surface area contributed by atoms with Gasteiger partial charge >= 0.3 is 0 Å². The number of likely N-dealkylation sites (tertiary alicyclic amines) is 1. The van der Waals surface area contributed by atoms with Gasteiger partial charge in [-0.15, -0.1) is 36.2 Å². The molecule has 0 spiro atoms. The standard InChI is InChI=1S/C16H25N3OS.2ClH/c17-16(7-1-2-8-16)15(20)18-12-13(14-6-5-11-21-14)19-9-3-4-10-19;;/h5-6,11,13H,1-4,7-10,12,17H2,(H,18,20);2*1H. The Hall–Kier alpha value is -0.330. The summed E-state index contributed by atoms with van der Waals surface area (Å²) >= 11 is 1.78. The average Bonchev–Trinajstić information content (AvgIpc) is 3.21. The van der Waals surface area contributed by atoms with E-state index >= 15 is 0 Å². The molecule has 7 heteroatoms. The minimum Gasteiger partial charge on any atom is -0.353 e. The van der Waals surface area contributed by atoms with Crippen LogP contribution in [0.15, 0.2) is 17.5 Å². The fourth-order valence-corrected chi connectivity index (χ4v) is 4.40. The van der Waals surface area contributed by atoms with E-state index in [1.165, 1.54) is 17.7 Å². The van der Waals surface area contributed by atoms with Gasteiger partial charge in [-0.1, -0.05) is 18.9 Å². The van der Waals surface area contributed by atoms with Crippen molar-refractivity contribution in [2.45, 2.75) is 50.1 Å². The Balaban J connectivity index is 0.00000132. The summed E-state index contributed by atoms with van der Waals surface area (Å²) in [7, 11) is 0. The van der Waals surface area contributed by atoms with Gasteiger partial charge in [-0.25, -0.2) is 0 Å². The molecule has 1 saturated heterocycles. The van der Waals surface area contributed by atoms with Crippen LogP contribution < -0.4 is 11.1 Å². The largest absolute Gasteiger partial charge is 0.353 e. The minimum atomic E-state index is -0.620. The van der Waals surface area contributed by atoms with Gasteiger partial charge in [-0.3, -0.25) is 9.69 Å². The van der Waals surface area contributed by atoms with Crippen molar-refractivity contribution in [1.29, 1.82) is 0 Å². The maximum atomic E-state index is 12.4. The number of rotatable bonds is 5. The lowest BCUT2D eigenvalue weighted by molar-refractivity contribution is -0.126. The summed E-state index contributed by atoms with van der Waals surface area (Å²) in [6, 6.07) is 4.57. The number of thiophene rings is 1. The SMILES string of the molecule is Cl.Cl.NC1(C(=O)NCC(c2cccs2)N2CCCC2)CCCC1. The monoisotopic (exact) mass is 379 g/mol. The van der Waals surface area contributed by atoms with Crippen LogP contribution >= 0.6 is 36.2 Å². The first-order valence-corrected chi connectivity index (χ1v) is 8.92. The van der Waals surface area contributed by atoms with E-state index in [0.717, 1.165) is 38.8 Å². The smallest absolute Gasteiger partial charge is 0.240 e. The number of carbonyl (C=O) groups excluding carboxylic acids is 1. The number of halogens is 2. The summed E-state index contributed by atoms with van der Waals surface area (Å²) in [6.45, 7) is 2.94. The molecule has 1 aromatic rings. The van der Waals surface area contributed by atoms with Crippen LogP contribution in [0.5, 0.6) is 0 Å². The van der Waals surface area contributed by atoms with E-state index in [2.05, 4.69) is 27.7 Å². The fourth-order valence-electron chi connectivity index (χ4n) is 3.54. The van der Waals surface area contributed by atoms with Crippen LogP contribution in [-0.4, -0.2) is 36.0 Å². The number of nitrogens with one attached hydrogen (secondary N) is 1. The first kappa shape index (κ1) is 20.7. The van der Waals surface area contributed by atoms with Crippen molar-refractivity contribution in [2.75, 3.05) is 19.6 Å². The van der Waals surface area contributed by atoms with E-state index in [4.69, 9.17) is 5.73 Å². The molecule has 3 N–H and O–H groups in total. The van der Waals surface area contributed by atoms with E-state index in [1.54, 1.807) is 11.3 Å². The molecule has 4 nitrogen and oxygen atoms in total. The van der Waals surface area contributed by atoms with Gasteiger partial charge in [0.15, 0.2) is 0 Å². The molecule has 1 aromatic heterocycles. The maximum absolute atomic E-state index is 12.4. The zero-order valence-electron chi connectivity index (χ0n) is 13.3. The zero-order chi connectivity index (χ0) is 14.7. The molecule has 1 atom stereocenters. The Morgan fingerprint density at radius 3 is 2.48 bits per heavy atom. The van der Waals surface area contributed by atoms with Crippen molar-refractivity contribution in [3.8, 4) is 0 Å². The van der Waals surface area contributed by atoms with Crippen LogP contribution in [0.3, 0.4) is 0 Å². The predicted octanol–water partition coefficient (Wildman–Crippen LogP) is 3.12. The van der Waals surface area contributed by atoms with Gasteiger partial charge in [-0.2, -0.15) is 0 Å². The summed E-state index contributed by atoms with van der Waals surface area (Å²) in [5, 5.41) is 5.24. The normalized spacial score (nSPS) is 21.3. The third-order valence-electron chi connectivity index (χ3n) is 4.86. The van der Waals surface area contributed by atoms with Crippen molar-refractivity contribution in [1.82, 2.24) is 10.2 Å². The first-order valence-electron chi connectivity index (χ1n) is 8.04. The van der Waals surface area contributed by atoms with Crippen LogP contribution in [0.25, 0.3) is 0 Å². The van der Waals surface area contributed by atoms with Gasteiger partial charge in [0.1, 0.15) is 0 Å². The quantitative estimate of drug-likeness (QED) is 0.825. The van der Waals surface area contributed by atoms with E-state index in [1.807, 2.05) is 0 Å². The molecule has 1 saturated carbocycles. The van der Waals surface area contributed by atoms with E-state index < -0.39 is 5.54 Å². The predicted molar refractivity (Wildman–Crippen MR) is 101 cm³/mol. The highest BCUT2D eigenvalue weighted by molar-refractivity contribution is 7.10. The fraction of sp³-hybridized carbons (Fsp3) is 0.688. The van der Waals surface area contributed by atoms with Crippen molar-refractivity contribution < 1.29 is 4.79 Å². The number of hydrogen-bond acceptors (Lipinski definition) is 4. The molecule has 2 heterocycles. The molecular formula is C16H27Cl2N3OS. The van der Waals surface area contributed by atoms with E-state index in [-0.39, 0.29) is 30.7 Å². The highest BCUT2D eigenvalue weighted by Crippen LogP contribution is 2.30. The van der Waals surface area contributed by atoms with Crippen LogP contribution in [-0.2, 0) is 4.79 Å². The highest BCUT2D eigenvalue weighted by Gasteiger charge is 2.37. The molecule has 3 rings (SSSR count). The van der Waals surface area contributed by atoms with Gasteiger partial charge in [0.25, 0.3) is 0 Å². The second kappa shape index (κ2) is 9.23. The second-order valence-corrected chi connectivity index (χ2v) is 7.33. The molecule has 1 aliphatic heterocycles. The van der Waals surface area contributed by atoms with Crippen LogP contribution in [0.2, 0.25) is 0 Å². The molecular weight excluding hydrogens is 353 g/mol. The second-order valence-electron chi connectivity index (χ2n) is 6.35. The minimum absolute atomic E-state index is 0. The van der Waals surface area contributed by atoms with Gasteiger partial charge in [0, 0.05) is 11.4 Å². The van der Waals surface area contributed by atoms with Crippen LogP contribution in [0, 0.1) is 0 Å². The Labute approximate surface area is 155 Å². The third kappa shape index (κ3) is 4.83. The molecule has 132 valence electrons. The maximum Gasteiger partial charge on any atom is 0.240 e. The number of nitrogens with zero attached hydrogens (tertiary/aromatic N) is 1. The Morgan fingerprint density at radius 1 is 1.26 bits per heavy atom. The zero-order valence-corrected chi connectivity index (χ0v) is 15.8. The van der Waals surface area contributed by atoms with E-state index in [9.17, 15) is 4.79 Å².